The van der Waals surface area contributed by atoms with E-state index in [1.54, 1.807) is 24.3 Å². The molecule has 0 bridgehead atoms. The van der Waals surface area contributed by atoms with Crippen molar-refractivity contribution < 1.29 is 9.53 Å². The van der Waals surface area contributed by atoms with Crippen LogP contribution in [0, 0.1) is 0 Å². The van der Waals surface area contributed by atoms with E-state index in [9.17, 15) is 4.79 Å². The van der Waals surface area contributed by atoms with Crippen LogP contribution in [-0.2, 0) is 9.53 Å². The molecule has 92 valence electrons. The summed E-state index contributed by atoms with van der Waals surface area (Å²) in [5.74, 6) is -0.335. The largest absolute Gasteiger partial charge is 0.462 e. The van der Waals surface area contributed by atoms with E-state index in [2.05, 4.69) is 30.2 Å². The summed E-state index contributed by atoms with van der Waals surface area (Å²) in [5, 5.41) is 3.23. The average Bonchev–Trinajstić information content (AvgIpc) is 2.83. The van der Waals surface area contributed by atoms with Crippen LogP contribution in [0.2, 0.25) is 0 Å². The number of rotatable bonds is 4. The Morgan fingerprint density at radius 3 is 3.00 bits per heavy atom. The molecule has 1 heterocycles. The highest BCUT2D eigenvalue weighted by molar-refractivity contribution is 7.17. The number of benzene rings is 1. The van der Waals surface area contributed by atoms with E-state index in [0.717, 1.165) is 5.56 Å². The van der Waals surface area contributed by atoms with E-state index < -0.39 is 0 Å². The minimum Gasteiger partial charge on any atom is -0.462 e. The fourth-order valence-corrected chi connectivity index (χ4v) is 2.44. The van der Waals surface area contributed by atoms with Crippen LogP contribution in [0.4, 0.5) is 0 Å². The number of carbonyl (C=O) groups excluding carboxylic acids is 1. The lowest BCUT2D eigenvalue weighted by Crippen LogP contribution is -2.05. The summed E-state index contributed by atoms with van der Waals surface area (Å²) < 4.78 is 6.20. The second-order valence-corrected chi connectivity index (χ2v) is 4.69. The van der Waals surface area contributed by atoms with Gasteiger partial charge in [-0.15, -0.1) is 11.3 Å². The van der Waals surface area contributed by atoms with Crippen molar-refractivity contribution in [2.75, 3.05) is 6.61 Å². The van der Waals surface area contributed by atoms with E-state index in [-0.39, 0.29) is 5.97 Å². The second kappa shape index (κ2) is 5.65. The van der Waals surface area contributed by atoms with Crippen LogP contribution in [0.3, 0.4) is 0 Å². The minimum atomic E-state index is -0.335. The van der Waals surface area contributed by atoms with Gasteiger partial charge >= 0.3 is 5.97 Å². The molecule has 0 aliphatic heterocycles. The molecule has 0 aliphatic rings. The molecule has 0 aliphatic carbocycles. The van der Waals surface area contributed by atoms with Gasteiger partial charge < -0.3 is 4.74 Å². The predicted octanol–water partition coefficient (Wildman–Crippen LogP) is 4.03. The van der Waals surface area contributed by atoms with Crippen molar-refractivity contribution in [2.45, 2.75) is 6.92 Å². The highest BCUT2D eigenvalue weighted by Gasteiger charge is 2.06. The quantitative estimate of drug-likeness (QED) is 0.470. The van der Waals surface area contributed by atoms with Gasteiger partial charge in [0.05, 0.1) is 12.2 Å². The van der Waals surface area contributed by atoms with Crippen LogP contribution >= 0.6 is 11.3 Å². The zero-order valence-corrected chi connectivity index (χ0v) is 11.0. The molecule has 3 heteroatoms. The third-order valence-electron chi connectivity index (χ3n) is 2.53. The van der Waals surface area contributed by atoms with Gasteiger partial charge in [-0.05, 0) is 47.5 Å². The topological polar surface area (TPSA) is 26.3 Å². The predicted molar refractivity (Wildman–Crippen MR) is 76.6 cm³/mol. The SMILES string of the molecule is C=C/C(=C/c1ccc2sccc2c1)C(=O)OCC. The third kappa shape index (κ3) is 2.68. The van der Waals surface area contributed by atoms with E-state index >= 15 is 0 Å². The van der Waals surface area contributed by atoms with E-state index in [0.29, 0.717) is 12.2 Å². The van der Waals surface area contributed by atoms with Crippen molar-refractivity contribution >= 4 is 33.5 Å². The Labute approximate surface area is 110 Å². The van der Waals surface area contributed by atoms with Gasteiger partial charge in [0.15, 0.2) is 0 Å². The summed E-state index contributed by atoms with van der Waals surface area (Å²) in [5.41, 5.74) is 1.45. The first kappa shape index (κ1) is 12.6. The molecule has 0 saturated carbocycles. The van der Waals surface area contributed by atoms with Gasteiger partial charge in [0.2, 0.25) is 0 Å². The molecule has 2 nitrogen and oxygen atoms in total. The van der Waals surface area contributed by atoms with Crippen LogP contribution < -0.4 is 0 Å². The number of thiophene rings is 1. The summed E-state index contributed by atoms with van der Waals surface area (Å²) in [4.78, 5) is 11.6. The molecule has 0 saturated heterocycles. The smallest absolute Gasteiger partial charge is 0.338 e. The number of carbonyl (C=O) groups is 1. The fourth-order valence-electron chi connectivity index (χ4n) is 1.67. The first-order valence-electron chi connectivity index (χ1n) is 5.73. The first-order chi connectivity index (χ1) is 8.74. The lowest BCUT2D eigenvalue weighted by molar-refractivity contribution is -0.138. The zero-order valence-electron chi connectivity index (χ0n) is 10.2. The summed E-state index contributed by atoms with van der Waals surface area (Å²) in [6.45, 7) is 5.80. The normalized spacial score (nSPS) is 11.5. The first-order valence-corrected chi connectivity index (χ1v) is 6.61. The maximum Gasteiger partial charge on any atom is 0.338 e. The Morgan fingerprint density at radius 1 is 1.44 bits per heavy atom. The molecule has 0 spiro atoms. The molecule has 18 heavy (non-hydrogen) atoms. The Bertz CT molecular complexity index is 608. The molecule has 2 aromatic rings. The lowest BCUT2D eigenvalue weighted by atomic mass is 10.1. The van der Waals surface area contributed by atoms with Crippen LogP contribution in [0.1, 0.15) is 12.5 Å². The molecule has 1 aromatic heterocycles. The Kier molecular flexibility index (Phi) is 3.95. The van der Waals surface area contributed by atoms with Crippen LogP contribution in [0.15, 0.2) is 47.9 Å². The highest BCUT2D eigenvalue weighted by Crippen LogP contribution is 2.23. The second-order valence-electron chi connectivity index (χ2n) is 3.74. The van der Waals surface area contributed by atoms with Gasteiger partial charge in [0.1, 0.15) is 0 Å². The number of hydrogen-bond acceptors (Lipinski definition) is 3. The minimum absolute atomic E-state index is 0.335. The maximum atomic E-state index is 11.6. The molecule has 0 N–H and O–H groups in total. The standard InChI is InChI=1S/C15H14O2S/c1-3-12(15(16)17-4-2)9-11-5-6-14-13(10-11)7-8-18-14/h3,5-10H,1,4H2,2H3/b12-9-. The number of hydrogen-bond donors (Lipinski definition) is 0. The Hall–Kier alpha value is -1.87. The molecule has 1 aromatic carbocycles. The van der Waals surface area contributed by atoms with Crippen LogP contribution in [0.25, 0.3) is 16.2 Å². The van der Waals surface area contributed by atoms with Crippen molar-refractivity contribution in [3.8, 4) is 0 Å². The molecule has 2 rings (SSSR count). The van der Waals surface area contributed by atoms with Gasteiger partial charge in [-0.1, -0.05) is 18.7 Å². The van der Waals surface area contributed by atoms with Gasteiger partial charge in [0, 0.05) is 4.70 Å². The maximum absolute atomic E-state index is 11.6. The van der Waals surface area contributed by atoms with Crippen molar-refractivity contribution in [3.05, 3.63) is 53.4 Å². The number of ether oxygens (including phenoxy) is 1. The molecule has 0 atom stereocenters. The molecular formula is C15H14O2S. The number of fused-ring (bicyclic) bond motifs is 1. The van der Waals surface area contributed by atoms with Crippen molar-refractivity contribution in [1.82, 2.24) is 0 Å². The summed E-state index contributed by atoms with van der Waals surface area (Å²) >= 11 is 1.70. The lowest BCUT2D eigenvalue weighted by Gasteiger charge is -2.02. The monoisotopic (exact) mass is 258 g/mol. The Morgan fingerprint density at radius 2 is 2.28 bits per heavy atom. The van der Waals surface area contributed by atoms with Crippen molar-refractivity contribution in [1.29, 1.82) is 0 Å². The van der Waals surface area contributed by atoms with E-state index in [4.69, 9.17) is 4.74 Å². The van der Waals surface area contributed by atoms with E-state index in [1.165, 1.54) is 16.2 Å². The highest BCUT2D eigenvalue weighted by atomic mass is 32.1. The van der Waals surface area contributed by atoms with Crippen molar-refractivity contribution in [3.63, 3.8) is 0 Å². The van der Waals surface area contributed by atoms with Crippen molar-refractivity contribution in [2.24, 2.45) is 0 Å². The van der Waals surface area contributed by atoms with Gasteiger partial charge in [-0.25, -0.2) is 4.79 Å². The van der Waals surface area contributed by atoms with Gasteiger partial charge in [0.25, 0.3) is 0 Å². The zero-order chi connectivity index (χ0) is 13.0. The summed E-state index contributed by atoms with van der Waals surface area (Å²) in [6, 6.07) is 8.16. The molecule has 0 unspecified atom stereocenters. The van der Waals surface area contributed by atoms with E-state index in [1.807, 2.05) is 6.07 Å². The van der Waals surface area contributed by atoms with Gasteiger partial charge in [-0.2, -0.15) is 0 Å². The average molecular weight is 258 g/mol. The Balaban J connectivity index is 2.34. The molecular weight excluding hydrogens is 244 g/mol. The fraction of sp³-hybridized carbons (Fsp3) is 0.133. The number of esters is 1. The van der Waals surface area contributed by atoms with Gasteiger partial charge in [-0.3, -0.25) is 0 Å². The molecule has 0 fully saturated rings. The van der Waals surface area contributed by atoms with Crippen LogP contribution in [0.5, 0.6) is 0 Å². The van der Waals surface area contributed by atoms with Crippen LogP contribution in [-0.4, -0.2) is 12.6 Å². The summed E-state index contributed by atoms with van der Waals surface area (Å²) in [6.07, 6.45) is 3.32. The molecule has 0 amide bonds. The molecule has 0 radical (unpaired) electrons. The summed E-state index contributed by atoms with van der Waals surface area (Å²) in [7, 11) is 0. The third-order valence-corrected chi connectivity index (χ3v) is 3.43.